The van der Waals surface area contributed by atoms with Crippen LogP contribution >= 0.6 is 0 Å². The molecule has 1 aromatic heterocycles. The number of anilines is 2. The number of likely N-dealkylation sites (N-methyl/N-ethyl adjacent to an activating group) is 2. The van der Waals surface area contributed by atoms with Gasteiger partial charge in [0.1, 0.15) is 18.0 Å². The van der Waals surface area contributed by atoms with Crippen LogP contribution in [0, 0.1) is 0 Å². The van der Waals surface area contributed by atoms with E-state index in [0.717, 1.165) is 50.9 Å². The molecule has 0 spiro atoms. The van der Waals surface area contributed by atoms with Gasteiger partial charge in [-0.05, 0) is 14.1 Å². The molecule has 2 heterocycles. The minimum atomic E-state index is 0.871. The van der Waals surface area contributed by atoms with E-state index in [4.69, 9.17) is 0 Å². The maximum absolute atomic E-state index is 4.36. The normalized spacial score (nSPS) is 16.9. The van der Waals surface area contributed by atoms with E-state index in [1.807, 2.05) is 13.1 Å². The van der Waals surface area contributed by atoms with Gasteiger partial charge in [0, 0.05) is 45.3 Å². The summed E-state index contributed by atoms with van der Waals surface area (Å²) in [6, 6.07) is 2.03. The topological polar surface area (TPSA) is 56.3 Å². The number of hydrogen-bond acceptors (Lipinski definition) is 6. The van der Waals surface area contributed by atoms with Crippen molar-refractivity contribution in [2.45, 2.75) is 0 Å². The second-order valence-corrected chi connectivity index (χ2v) is 4.58. The van der Waals surface area contributed by atoms with E-state index in [-0.39, 0.29) is 0 Å². The summed E-state index contributed by atoms with van der Waals surface area (Å²) in [6.07, 6.45) is 1.63. The Bertz CT molecular complexity index is 361. The van der Waals surface area contributed by atoms with Crippen LogP contribution in [0.5, 0.6) is 0 Å². The van der Waals surface area contributed by atoms with Crippen LogP contribution < -0.4 is 15.5 Å². The summed E-state index contributed by atoms with van der Waals surface area (Å²) in [5.41, 5.74) is 0. The average molecular weight is 250 g/mol. The van der Waals surface area contributed by atoms with Crippen molar-refractivity contribution in [2.24, 2.45) is 0 Å². The number of piperazine rings is 1. The molecule has 0 aromatic carbocycles. The first-order valence-electron chi connectivity index (χ1n) is 6.43. The standard InChI is InChI=1S/C12H22N6/c1-13-3-4-14-11-9-12(16-10-15-11)18-7-5-17(2)6-8-18/h9-10,13H,3-8H2,1-2H3,(H,14,15,16). The Balaban J connectivity index is 1.94. The van der Waals surface area contributed by atoms with Crippen LogP contribution in [0.3, 0.4) is 0 Å². The first-order chi connectivity index (χ1) is 8.79. The van der Waals surface area contributed by atoms with Crippen LogP contribution in [0.4, 0.5) is 11.6 Å². The lowest BCUT2D eigenvalue weighted by Crippen LogP contribution is -2.44. The highest BCUT2D eigenvalue weighted by Gasteiger charge is 2.15. The minimum absolute atomic E-state index is 0.871. The van der Waals surface area contributed by atoms with Gasteiger partial charge < -0.3 is 20.4 Å². The highest BCUT2D eigenvalue weighted by Crippen LogP contribution is 2.15. The van der Waals surface area contributed by atoms with Crippen LogP contribution in [-0.2, 0) is 0 Å². The zero-order chi connectivity index (χ0) is 12.8. The molecule has 0 bridgehead atoms. The van der Waals surface area contributed by atoms with Gasteiger partial charge in [-0.3, -0.25) is 0 Å². The van der Waals surface area contributed by atoms with Gasteiger partial charge in [0.2, 0.25) is 0 Å². The van der Waals surface area contributed by atoms with Gasteiger partial charge in [-0.2, -0.15) is 0 Å². The monoisotopic (exact) mass is 250 g/mol. The van der Waals surface area contributed by atoms with Crippen LogP contribution in [0.1, 0.15) is 0 Å². The quantitative estimate of drug-likeness (QED) is 0.710. The van der Waals surface area contributed by atoms with Crippen LogP contribution in [0.25, 0.3) is 0 Å². The van der Waals surface area contributed by atoms with E-state index in [2.05, 4.69) is 37.4 Å². The van der Waals surface area contributed by atoms with Crippen molar-refractivity contribution >= 4 is 11.6 Å². The molecule has 0 atom stereocenters. The smallest absolute Gasteiger partial charge is 0.134 e. The second-order valence-electron chi connectivity index (χ2n) is 4.58. The van der Waals surface area contributed by atoms with Gasteiger partial charge in [0.15, 0.2) is 0 Å². The van der Waals surface area contributed by atoms with Crippen LogP contribution in [0.2, 0.25) is 0 Å². The highest BCUT2D eigenvalue weighted by atomic mass is 15.3. The van der Waals surface area contributed by atoms with Gasteiger partial charge in [0.05, 0.1) is 0 Å². The predicted molar refractivity (Wildman–Crippen MR) is 74.2 cm³/mol. The summed E-state index contributed by atoms with van der Waals surface area (Å²) in [6.45, 7) is 6.04. The Morgan fingerprint density at radius 2 is 1.94 bits per heavy atom. The van der Waals surface area contributed by atoms with Gasteiger partial charge in [-0.25, -0.2) is 9.97 Å². The molecule has 0 amide bonds. The first kappa shape index (κ1) is 13.0. The third-order valence-corrected chi connectivity index (χ3v) is 3.16. The molecule has 1 aliphatic heterocycles. The minimum Gasteiger partial charge on any atom is -0.369 e. The zero-order valence-corrected chi connectivity index (χ0v) is 11.2. The molecule has 18 heavy (non-hydrogen) atoms. The van der Waals surface area contributed by atoms with Crippen LogP contribution in [0.15, 0.2) is 12.4 Å². The van der Waals surface area contributed by atoms with E-state index in [9.17, 15) is 0 Å². The van der Waals surface area contributed by atoms with Crippen molar-refractivity contribution in [3.8, 4) is 0 Å². The Kier molecular flexibility index (Phi) is 4.72. The Morgan fingerprint density at radius 3 is 2.67 bits per heavy atom. The molecule has 2 N–H and O–H groups in total. The molecule has 1 aliphatic rings. The number of hydrogen-bond donors (Lipinski definition) is 2. The van der Waals surface area contributed by atoms with Crippen molar-refractivity contribution in [2.75, 3.05) is 63.6 Å². The van der Waals surface area contributed by atoms with Crippen molar-refractivity contribution < 1.29 is 0 Å². The Labute approximate surface area is 108 Å². The van der Waals surface area contributed by atoms with E-state index in [1.54, 1.807) is 6.33 Å². The Morgan fingerprint density at radius 1 is 1.17 bits per heavy atom. The lowest BCUT2D eigenvalue weighted by atomic mass is 10.3. The molecule has 6 heteroatoms. The number of rotatable bonds is 5. The second kappa shape index (κ2) is 6.51. The van der Waals surface area contributed by atoms with E-state index >= 15 is 0 Å². The van der Waals surface area contributed by atoms with Gasteiger partial charge in [0.25, 0.3) is 0 Å². The van der Waals surface area contributed by atoms with Gasteiger partial charge >= 0.3 is 0 Å². The first-order valence-corrected chi connectivity index (χ1v) is 6.43. The molecular weight excluding hydrogens is 228 g/mol. The third-order valence-electron chi connectivity index (χ3n) is 3.16. The summed E-state index contributed by atoms with van der Waals surface area (Å²) in [7, 11) is 4.10. The van der Waals surface area contributed by atoms with Crippen LogP contribution in [-0.4, -0.2) is 68.2 Å². The number of nitrogens with one attached hydrogen (secondary N) is 2. The summed E-state index contributed by atoms with van der Waals surface area (Å²) >= 11 is 0. The third kappa shape index (κ3) is 3.54. The van der Waals surface area contributed by atoms with Crippen molar-refractivity contribution in [3.05, 3.63) is 12.4 Å². The summed E-state index contributed by atoms with van der Waals surface area (Å²) < 4.78 is 0. The van der Waals surface area contributed by atoms with E-state index < -0.39 is 0 Å². The fourth-order valence-corrected chi connectivity index (χ4v) is 1.97. The molecule has 1 fully saturated rings. The molecule has 100 valence electrons. The van der Waals surface area contributed by atoms with Crippen molar-refractivity contribution in [3.63, 3.8) is 0 Å². The fourth-order valence-electron chi connectivity index (χ4n) is 1.97. The van der Waals surface area contributed by atoms with Gasteiger partial charge in [-0.15, -0.1) is 0 Å². The number of nitrogens with zero attached hydrogens (tertiary/aromatic N) is 4. The molecule has 6 nitrogen and oxygen atoms in total. The molecule has 0 saturated carbocycles. The van der Waals surface area contributed by atoms with Crippen molar-refractivity contribution in [1.29, 1.82) is 0 Å². The lowest BCUT2D eigenvalue weighted by molar-refractivity contribution is 0.312. The zero-order valence-electron chi connectivity index (χ0n) is 11.2. The SMILES string of the molecule is CNCCNc1cc(N2CCN(C)CC2)ncn1. The molecule has 0 radical (unpaired) electrons. The summed E-state index contributed by atoms with van der Waals surface area (Å²) in [5.74, 6) is 1.92. The maximum atomic E-state index is 4.36. The lowest BCUT2D eigenvalue weighted by Gasteiger charge is -2.33. The van der Waals surface area contributed by atoms with E-state index in [1.165, 1.54) is 0 Å². The fraction of sp³-hybridized carbons (Fsp3) is 0.667. The molecule has 1 aromatic rings. The van der Waals surface area contributed by atoms with Crippen molar-refractivity contribution in [1.82, 2.24) is 20.2 Å². The van der Waals surface area contributed by atoms with Gasteiger partial charge in [-0.1, -0.05) is 0 Å². The molecule has 1 saturated heterocycles. The molecule has 0 aliphatic carbocycles. The summed E-state index contributed by atoms with van der Waals surface area (Å²) in [5, 5.41) is 6.38. The molecule has 2 rings (SSSR count). The average Bonchev–Trinajstić information content (AvgIpc) is 2.40. The maximum Gasteiger partial charge on any atom is 0.134 e. The summed E-state index contributed by atoms with van der Waals surface area (Å²) in [4.78, 5) is 13.2. The highest BCUT2D eigenvalue weighted by molar-refractivity contribution is 5.48. The molecular formula is C12H22N6. The largest absolute Gasteiger partial charge is 0.369 e. The predicted octanol–water partition coefficient (Wildman–Crippen LogP) is -0.140. The van der Waals surface area contributed by atoms with E-state index in [0.29, 0.717) is 0 Å². The molecule has 0 unspecified atom stereocenters. The Hall–Kier alpha value is -1.40. The number of aromatic nitrogens is 2.